The summed E-state index contributed by atoms with van der Waals surface area (Å²) in [6.07, 6.45) is 1.40. The molecular formula is C10H7FN3. The van der Waals surface area contributed by atoms with Crippen LogP contribution < -0.4 is 0 Å². The number of nitrogens with zero attached hydrogens (tertiary/aromatic N) is 3. The summed E-state index contributed by atoms with van der Waals surface area (Å²) >= 11 is 0. The van der Waals surface area contributed by atoms with Gasteiger partial charge in [-0.05, 0) is 6.92 Å². The highest BCUT2D eigenvalue weighted by molar-refractivity contribution is 5.54. The second-order valence-corrected chi connectivity index (χ2v) is 2.89. The van der Waals surface area contributed by atoms with Crippen LogP contribution in [-0.2, 0) is 0 Å². The fraction of sp³-hybridized carbons (Fsp3) is 0.100. The lowest BCUT2D eigenvalue weighted by molar-refractivity contribution is 0.533. The molecule has 1 aromatic heterocycles. The fourth-order valence-electron chi connectivity index (χ4n) is 1.08. The highest BCUT2D eigenvalue weighted by Gasteiger charge is 2.02. The van der Waals surface area contributed by atoms with Crippen LogP contribution in [0.15, 0.2) is 24.3 Å². The molecule has 2 rings (SSSR count). The average Bonchev–Trinajstić information content (AvgIpc) is 2.19. The lowest BCUT2D eigenvalue weighted by Crippen LogP contribution is -1.95. The summed E-state index contributed by atoms with van der Waals surface area (Å²) in [5.41, 5.74) is 1.89. The van der Waals surface area contributed by atoms with E-state index in [-0.39, 0.29) is 0 Å². The zero-order valence-electron chi connectivity index (χ0n) is 7.53. The van der Waals surface area contributed by atoms with E-state index in [2.05, 4.69) is 21.3 Å². The molecule has 14 heavy (non-hydrogen) atoms. The number of aryl methyl sites for hydroxylation is 1. The SMILES string of the molecule is Cc1ccc(-c2n[c]nc(F)n2)cc1. The number of rotatable bonds is 1. The molecule has 1 heterocycles. The van der Waals surface area contributed by atoms with Gasteiger partial charge >= 0.3 is 6.08 Å². The third kappa shape index (κ3) is 1.74. The molecule has 0 fully saturated rings. The van der Waals surface area contributed by atoms with Crippen LogP contribution in [0.2, 0.25) is 0 Å². The minimum Gasteiger partial charge on any atom is -0.205 e. The first-order valence-electron chi connectivity index (χ1n) is 4.10. The molecule has 0 bridgehead atoms. The predicted molar refractivity (Wildman–Crippen MR) is 48.8 cm³/mol. The van der Waals surface area contributed by atoms with Gasteiger partial charge in [-0.25, -0.2) is 4.98 Å². The minimum atomic E-state index is -0.810. The van der Waals surface area contributed by atoms with Crippen LogP contribution in [0.4, 0.5) is 4.39 Å². The van der Waals surface area contributed by atoms with Gasteiger partial charge in [0, 0.05) is 5.56 Å². The summed E-state index contributed by atoms with van der Waals surface area (Å²) in [6.45, 7) is 1.98. The summed E-state index contributed by atoms with van der Waals surface area (Å²) in [7, 11) is 0. The van der Waals surface area contributed by atoms with Gasteiger partial charge in [-0.2, -0.15) is 14.4 Å². The van der Waals surface area contributed by atoms with E-state index in [4.69, 9.17) is 0 Å². The van der Waals surface area contributed by atoms with Crippen molar-refractivity contribution in [2.24, 2.45) is 0 Å². The zero-order valence-corrected chi connectivity index (χ0v) is 7.53. The van der Waals surface area contributed by atoms with Crippen molar-refractivity contribution in [1.29, 1.82) is 0 Å². The molecule has 4 heteroatoms. The molecule has 0 aliphatic heterocycles. The van der Waals surface area contributed by atoms with Crippen LogP contribution in [0, 0.1) is 19.3 Å². The van der Waals surface area contributed by atoms with E-state index in [0.717, 1.165) is 11.1 Å². The number of hydrogen-bond acceptors (Lipinski definition) is 3. The molecule has 0 aliphatic rings. The van der Waals surface area contributed by atoms with Crippen molar-refractivity contribution in [1.82, 2.24) is 15.0 Å². The average molecular weight is 188 g/mol. The maximum absolute atomic E-state index is 12.6. The lowest BCUT2D eigenvalue weighted by atomic mass is 10.1. The van der Waals surface area contributed by atoms with Crippen molar-refractivity contribution in [3.63, 3.8) is 0 Å². The van der Waals surface area contributed by atoms with Gasteiger partial charge in [-0.15, -0.1) is 0 Å². The molecule has 1 aromatic carbocycles. The molecule has 0 amide bonds. The van der Waals surface area contributed by atoms with E-state index in [1.807, 2.05) is 31.2 Å². The van der Waals surface area contributed by atoms with Crippen LogP contribution in [0.25, 0.3) is 11.4 Å². The van der Waals surface area contributed by atoms with Crippen molar-refractivity contribution in [3.8, 4) is 11.4 Å². The summed E-state index contributed by atoms with van der Waals surface area (Å²) < 4.78 is 12.6. The predicted octanol–water partition coefficient (Wildman–Crippen LogP) is 1.79. The third-order valence-corrected chi connectivity index (χ3v) is 1.81. The van der Waals surface area contributed by atoms with Gasteiger partial charge in [-0.1, -0.05) is 29.8 Å². The summed E-state index contributed by atoms with van der Waals surface area (Å²) in [5.74, 6) is 0.303. The van der Waals surface area contributed by atoms with Crippen LogP contribution in [0.3, 0.4) is 0 Å². The number of benzene rings is 1. The molecule has 3 nitrogen and oxygen atoms in total. The van der Waals surface area contributed by atoms with Gasteiger partial charge in [0.25, 0.3) is 0 Å². The first-order valence-corrected chi connectivity index (χ1v) is 4.10. The Hall–Kier alpha value is -1.84. The van der Waals surface area contributed by atoms with E-state index < -0.39 is 6.08 Å². The Morgan fingerprint density at radius 1 is 1.14 bits per heavy atom. The van der Waals surface area contributed by atoms with Crippen molar-refractivity contribution < 1.29 is 4.39 Å². The van der Waals surface area contributed by atoms with E-state index in [9.17, 15) is 4.39 Å². The fourth-order valence-corrected chi connectivity index (χ4v) is 1.08. The van der Waals surface area contributed by atoms with Crippen molar-refractivity contribution in [2.75, 3.05) is 0 Å². The Morgan fingerprint density at radius 2 is 1.86 bits per heavy atom. The lowest BCUT2D eigenvalue weighted by Gasteiger charge is -1.98. The second kappa shape index (κ2) is 3.49. The molecule has 0 saturated carbocycles. The first kappa shape index (κ1) is 8.74. The zero-order chi connectivity index (χ0) is 9.97. The minimum absolute atomic E-state index is 0.303. The molecule has 2 aromatic rings. The van der Waals surface area contributed by atoms with Gasteiger partial charge in [0.1, 0.15) is 0 Å². The van der Waals surface area contributed by atoms with Gasteiger partial charge in [0.15, 0.2) is 5.82 Å². The summed E-state index contributed by atoms with van der Waals surface area (Å²) in [4.78, 5) is 10.5. The van der Waals surface area contributed by atoms with Gasteiger partial charge in [0.05, 0.1) is 0 Å². The largest absolute Gasteiger partial charge is 0.312 e. The Bertz CT molecular complexity index is 439. The molecule has 1 radical (unpaired) electrons. The Labute approximate surface area is 80.7 Å². The normalized spacial score (nSPS) is 10.1. The van der Waals surface area contributed by atoms with Crippen LogP contribution in [0.5, 0.6) is 0 Å². The molecule has 69 valence electrons. The Balaban J connectivity index is 2.44. The highest BCUT2D eigenvalue weighted by atomic mass is 19.1. The summed E-state index contributed by atoms with van der Waals surface area (Å²) in [5, 5.41) is 0. The first-order chi connectivity index (χ1) is 6.75. The van der Waals surface area contributed by atoms with Gasteiger partial charge in [0.2, 0.25) is 6.33 Å². The highest BCUT2D eigenvalue weighted by Crippen LogP contribution is 2.13. The van der Waals surface area contributed by atoms with Crippen molar-refractivity contribution in [2.45, 2.75) is 6.92 Å². The molecule has 0 atom stereocenters. The number of aromatic nitrogens is 3. The third-order valence-electron chi connectivity index (χ3n) is 1.81. The van der Waals surface area contributed by atoms with Crippen molar-refractivity contribution in [3.05, 3.63) is 42.2 Å². The Kier molecular flexibility index (Phi) is 2.18. The standard InChI is InChI=1S/C10H7FN3/c1-7-2-4-8(5-3-7)9-12-6-13-10(11)14-9/h2-5H,1H3. The molecular weight excluding hydrogens is 181 g/mol. The molecule has 0 unspecified atom stereocenters. The molecule has 0 aliphatic carbocycles. The van der Waals surface area contributed by atoms with Crippen LogP contribution in [0.1, 0.15) is 5.56 Å². The van der Waals surface area contributed by atoms with E-state index in [0.29, 0.717) is 5.82 Å². The number of halogens is 1. The van der Waals surface area contributed by atoms with Crippen LogP contribution in [-0.4, -0.2) is 15.0 Å². The summed E-state index contributed by atoms with van der Waals surface area (Å²) in [6, 6.07) is 7.49. The number of hydrogen-bond donors (Lipinski definition) is 0. The molecule has 0 saturated heterocycles. The van der Waals surface area contributed by atoms with Gasteiger partial charge < -0.3 is 0 Å². The van der Waals surface area contributed by atoms with E-state index >= 15 is 0 Å². The van der Waals surface area contributed by atoms with E-state index in [1.165, 1.54) is 0 Å². The van der Waals surface area contributed by atoms with Crippen molar-refractivity contribution >= 4 is 0 Å². The molecule has 0 spiro atoms. The van der Waals surface area contributed by atoms with E-state index in [1.54, 1.807) is 0 Å². The monoisotopic (exact) mass is 188 g/mol. The topological polar surface area (TPSA) is 38.7 Å². The van der Waals surface area contributed by atoms with Crippen LogP contribution >= 0.6 is 0 Å². The maximum Gasteiger partial charge on any atom is 0.312 e. The smallest absolute Gasteiger partial charge is 0.205 e. The maximum atomic E-state index is 12.6. The van der Waals surface area contributed by atoms with Gasteiger partial charge in [-0.3, -0.25) is 0 Å². The quantitative estimate of drug-likeness (QED) is 0.684. The Morgan fingerprint density at radius 3 is 2.50 bits per heavy atom. The molecule has 0 N–H and O–H groups in total. The second-order valence-electron chi connectivity index (χ2n) is 2.89.